The van der Waals surface area contributed by atoms with E-state index >= 15 is 0 Å². The zero-order valence-corrected chi connectivity index (χ0v) is 18.0. The number of guanidine groups is 1. The van der Waals surface area contributed by atoms with Gasteiger partial charge in [-0.3, -0.25) is 4.99 Å². The number of halogens is 1. The zero-order valence-electron chi connectivity index (χ0n) is 14.8. The molecule has 1 heterocycles. The maximum absolute atomic E-state index is 9.67. The van der Waals surface area contributed by atoms with E-state index in [0.29, 0.717) is 12.5 Å². The molecule has 0 amide bonds. The summed E-state index contributed by atoms with van der Waals surface area (Å²) < 4.78 is 0. The standard InChI is InChI=1S/C19H27N3OS.HI/c1-3-20-19(21-11-15(2)17-9-10-24-14-17)22-12-18(13-23)16-7-5-4-6-8-16;/h4-10,14-15,18,23H,3,11-13H2,1-2H3,(H2,20,21,22);1H. The van der Waals surface area contributed by atoms with E-state index in [1.165, 1.54) is 5.56 Å². The van der Waals surface area contributed by atoms with Gasteiger partial charge in [0, 0.05) is 31.5 Å². The lowest BCUT2D eigenvalue weighted by Crippen LogP contribution is -2.40. The predicted octanol–water partition coefficient (Wildman–Crippen LogP) is 3.80. The third kappa shape index (κ3) is 7.33. The van der Waals surface area contributed by atoms with E-state index in [-0.39, 0.29) is 36.5 Å². The molecule has 0 aliphatic heterocycles. The number of aliphatic imine (C=N–C) groups is 1. The molecule has 2 atom stereocenters. The van der Waals surface area contributed by atoms with E-state index in [4.69, 9.17) is 0 Å². The topological polar surface area (TPSA) is 56.7 Å². The molecule has 2 rings (SSSR count). The molecule has 6 heteroatoms. The average molecular weight is 473 g/mol. The summed E-state index contributed by atoms with van der Waals surface area (Å²) in [6.07, 6.45) is 0. The molecule has 25 heavy (non-hydrogen) atoms. The average Bonchev–Trinajstić information content (AvgIpc) is 3.15. The van der Waals surface area contributed by atoms with Crippen molar-refractivity contribution < 1.29 is 5.11 Å². The number of thiophene rings is 1. The van der Waals surface area contributed by atoms with E-state index in [9.17, 15) is 5.11 Å². The van der Waals surface area contributed by atoms with Crippen molar-refractivity contribution in [2.24, 2.45) is 4.99 Å². The second-order valence-electron chi connectivity index (χ2n) is 5.85. The highest BCUT2D eigenvalue weighted by molar-refractivity contribution is 14.0. The van der Waals surface area contributed by atoms with Gasteiger partial charge in [0.1, 0.15) is 0 Å². The number of nitrogens with zero attached hydrogens (tertiary/aromatic N) is 1. The molecule has 0 bridgehead atoms. The Bertz CT molecular complexity index is 604. The Hall–Kier alpha value is -1.12. The van der Waals surface area contributed by atoms with Gasteiger partial charge in [-0.2, -0.15) is 11.3 Å². The van der Waals surface area contributed by atoms with Crippen LogP contribution in [0, 0.1) is 0 Å². The first kappa shape index (κ1) is 21.9. The number of aliphatic hydroxyl groups excluding tert-OH is 1. The van der Waals surface area contributed by atoms with Gasteiger partial charge in [0.15, 0.2) is 5.96 Å². The molecule has 0 aliphatic carbocycles. The smallest absolute Gasteiger partial charge is 0.191 e. The summed E-state index contributed by atoms with van der Waals surface area (Å²) in [5, 5.41) is 20.6. The molecule has 0 saturated carbocycles. The Morgan fingerprint density at radius 1 is 1.16 bits per heavy atom. The van der Waals surface area contributed by atoms with Gasteiger partial charge in [0.2, 0.25) is 0 Å². The van der Waals surface area contributed by atoms with Gasteiger partial charge in [-0.15, -0.1) is 24.0 Å². The molecule has 1 aromatic carbocycles. The third-order valence-electron chi connectivity index (χ3n) is 3.99. The van der Waals surface area contributed by atoms with Gasteiger partial charge >= 0.3 is 0 Å². The lowest BCUT2D eigenvalue weighted by Gasteiger charge is -2.18. The van der Waals surface area contributed by atoms with Crippen molar-refractivity contribution in [3.05, 3.63) is 58.3 Å². The Balaban J connectivity index is 0.00000312. The lowest BCUT2D eigenvalue weighted by molar-refractivity contribution is 0.265. The largest absolute Gasteiger partial charge is 0.396 e. The molecular formula is C19H28IN3OS. The Kier molecular flexibility index (Phi) is 10.8. The Morgan fingerprint density at radius 3 is 2.52 bits per heavy atom. The fourth-order valence-electron chi connectivity index (χ4n) is 2.46. The van der Waals surface area contributed by atoms with Gasteiger partial charge < -0.3 is 15.7 Å². The van der Waals surface area contributed by atoms with Crippen LogP contribution >= 0.6 is 35.3 Å². The Morgan fingerprint density at radius 2 is 1.92 bits per heavy atom. The van der Waals surface area contributed by atoms with Crippen molar-refractivity contribution in [3.63, 3.8) is 0 Å². The molecule has 2 unspecified atom stereocenters. The molecule has 0 aliphatic rings. The van der Waals surface area contributed by atoms with Crippen LogP contribution in [0.25, 0.3) is 0 Å². The normalized spacial score (nSPS) is 13.6. The quantitative estimate of drug-likeness (QED) is 0.311. The van der Waals surface area contributed by atoms with Gasteiger partial charge in [-0.25, -0.2) is 0 Å². The van der Waals surface area contributed by atoms with Crippen molar-refractivity contribution in [2.75, 3.05) is 26.2 Å². The lowest BCUT2D eigenvalue weighted by atomic mass is 10.0. The van der Waals surface area contributed by atoms with Gasteiger partial charge in [-0.05, 0) is 34.9 Å². The highest BCUT2D eigenvalue weighted by Crippen LogP contribution is 2.18. The molecule has 0 radical (unpaired) electrons. The van der Waals surface area contributed by atoms with Gasteiger partial charge in [0.05, 0.1) is 6.61 Å². The molecule has 0 fully saturated rings. The highest BCUT2D eigenvalue weighted by atomic mass is 127. The fourth-order valence-corrected chi connectivity index (χ4v) is 3.25. The molecule has 138 valence electrons. The van der Waals surface area contributed by atoms with Crippen LogP contribution < -0.4 is 10.6 Å². The van der Waals surface area contributed by atoms with E-state index in [0.717, 1.165) is 24.6 Å². The first-order chi connectivity index (χ1) is 11.7. The number of hydrogen-bond donors (Lipinski definition) is 3. The molecule has 0 spiro atoms. The molecule has 0 saturated heterocycles. The van der Waals surface area contributed by atoms with Crippen molar-refractivity contribution in [2.45, 2.75) is 25.7 Å². The molecule has 1 aromatic heterocycles. The number of rotatable bonds is 8. The molecular weight excluding hydrogens is 445 g/mol. The predicted molar refractivity (Wildman–Crippen MR) is 118 cm³/mol. The van der Waals surface area contributed by atoms with Crippen LogP contribution in [-0.4, -0.2) is 37.3 Å². The SMILES string of the molecule is CCNC(=NCC(C)c1ccsc1)NCC(CO)c1ccccc1.I. The van der Waals surface area contributed by atoms with Crippen LogP contribution in [0.2, 0.25) is 0 Å². The van der Waals surface area contributed by atoms with Crippen LogP contribution in [0.1, 0.15) is 36.8 Å². The fraction of sp³-hybridized carbons (Fsp3) is 0.421. The van der Waals surface area contributed by atoms with Crippen molar-refractivity contribution in [3.8, 4) is 0 Å². The van der Waals surface area contributed by atoms with Crippen LogP contribution in [0.3, 0.4) is 0 Å². The van der Waals surface area contributed by atoms with E-state index in [2.05, 4.69) is 46.3 Å². The van der Waals surface area contributed by atoms with Crippen molar-refractivity contribution in [1.82, 2.24) is 10.6 Å². The summed E-state index contributed by atoms with van der Waals surface area (Å²) >= 11 is 1.72. The number of aliphatic hydroxyl groups is 1. The highest BCUT2D eigenvalue weighted by Gasteiger charge is 2.11. The molecule has 4 nitrogen and oxygen atoms in total. The summed E-state index contributed by atoms with van der Waals surface area (Å²) in [5.74, 6) is 1.26. The third-order valence-corrected chi connectivity index (χ3v) is 4.69. The Labute approximate surface area is 171 Å². The summed E-state index contributed by atoms with van der Waals surface area (Å²) in [4.78, 5) is 4.69. The number of hydrogen-bond acceptors (Lipinski definition) is 3. The second kappa shape index (κ2) is 12.3. The van der Waals surface area contributed by atoms with Crippen LogP contribution in [0.5, 0.6) is 0 Å². The van der Waals surface area contributed by atoms with E-state index in [1.807, 2.05) is 30.3 Å². The summed E-state index contributed by atoms with van der Waals surface area (Å²) in [5.41, 5.74) is 2.46. The van der Waals surface area contributed by atoms with Crippen molar-refractivity contribution >= 4 is 41.3 Å². The minimum atomic E-state index is 0. The van der Waals surface area contributed by atoms with Crippen LogP contribution in [0.15, 0.2) is 52.2 Å². The maximum Gasteiger partial charge on any atom is 0.191 e. The maximum atomic E-state index is 9.67. The molecule has 3 N–H and O–H groups in total. The number of benzene rings is 1. The first-order valence-electron chi connectivity index (χ1n) is 8.44. The second-order valence-corrected chi connectivity index (χ2v) is 6.63. The molecule has 2 aromatic rings. The minimum Gasteiger partial charge on any atom is -0.396 e. The van der Waals surface area contributed by atoms with E-state index < -0.39 is 0 Å². The van der Waals surface area contributed by atoms with Crippen LogP contribution in [-0.2, 0) is 0 Å². The number of nitrogens with one attached hydrogen (secondary N) is 2. The van der Waals surface area contributed by atoms with Crippen molar-refractivity contribution in [1.29, 1.82) is 0 Å². The minimum absolute atomic E-state index is 0. The van der Waals surface area contributed by atoms with E-state index in [1.54, 1.807) is 11.3 Å². The summed E-state index contributed by atoms with van der Waals surface area (Å²) in [6.45, 7) is 6.56. The van der Waals surface area contributed by atoms with Gasteiger partial charge in [-0.1, -0.05) is 37.3 Å². The monoisotopic (exact) mass is 473 g/mol. The van der Waals surface area contributed by atoms with Crippen LogP contribution in [0.4, 0.5) is 0 Å². The first-order valence-corrected chi connectivity index (χ1v) is 9.39. The summed E-state index contributed by atoms with van der Waals surface area (Å²) in [6, 6.07) is 12.2. The van der Waals surface area contributed by atoms with Gasteiger partial charge in [0.25, 0.3) is 0 Å². The zero-order chi connectivity index (χ0) is 17.2. The summed E-state index contributed by atoms with van der Waals surface area (Å²) in [7, 11) is 0.